The Morgan fingerprint density at radius 3 is 2.39 bits per heavy atom. The molecule has 0 radical (unpaired) electrons. The second-order valence-electron chi connectivity index (χ2n) is 8.02. The van der Waals surface area contributed by atoms with Gasteiger partial charge in [-0.2, -0.15) is 5.26 Å². The molecule has 9 nitrogen and oxygen atoms in total. The van der Waals surface area contributed by atoms with Crippen molar-refractivity contribution < 1.29 is 27.4 Å². The van der Waals surface area contributed by atoms with Crippen LogP contribution in [0.3, 0.4) is 0 Å². The minimum Gasteiger partial charge on any atom is -0.493 e. The van der Waals surface area contributed by atoms with Crippen LogP contribution in [0.25, 0.3) is 10.2 Å². The molecule has 1 atom stereocenters. The summed E-state index contributed by atoms with van der Waals surface area (Å²) in [5.74, 6) is 0.937. The highest BCUT2D eigenvalue weighted by Crippen LogP contribution is 2.37. The fourth-order valence-corrected chi connectivity index (χ4v) is 5.39. The van der Waals surface area contributed by atoms with Gasteiger partial charge in [-0.15, -0.1) is 0 Å². The van der Waals surface area contributed by atoms with Gasteiger partial charge in [-0.25, -0.2) is 13.4 Å². The molecule has 3 aromatic carbocycles. The molecule has 4 rings (SSSR count). The van der Waals surface area contributed by atoms with E-state index in [1.807, 2.05) is 13.0 Å². The lowest BCUT2D eigenvalue weighted by Gasteiger charge is -2.19. The van der Waals surface area contributed by atoms with E-state index in [0.717, 1.165) is 4.70 Å². The fourth-order valence-electron chi connectivity index (χ4n) is 3.62. The van der Waals surface area contributed by atoms with E-state index in [1.54, 1.807) is 62.6 Å². The number of hydrogen-bond donors (Lipinski definition) is 1. The van der Waals surface area contributed by atoms with E-state index in [-0.39, 0.29) is 10.6 Å². The molecule has 1 heterocycles. The van der Waals surface area contributed by atoms with E-state index >= 15 is 0 Å². The van der Waals surface area contributed by atoms with Gasteiger partial charge in [0, 0.05) is 17.7 Å². The lowest BCUT2D eigenvalue weighted by Crippen LogP contribution is -2.25. The monoisotopic (exact) mass is 551 g/mol. The molecule has 0 fully saturated rings. The number of methoxy groups -OCH3 is 1. The van der Waals surface area contributed by atoms with E-state index in [4.69, 9.17) is 19.5 Å². The summed E-state index contributed by atoms with van der Waals surface area (Å²) in [6.45, 7) is 3.90. The summed E-state index contributed by atoms with van der Waals surface area (Å²) >= 11 is 1.27. The van der Waals surface area contributed by atoms with E-state index in [2.05, 4.69) is 10.3 Å². The third kappa shape index (κ3) is 5.88. The van der Waals surface area contributed by atoms with Crippen molar-refractivity contribution in [1.29, 1.82) is 5.26 Å². The Balaban J connectivity index is 1.65. The van der Waals surface area contributed by atoms with Crippen LogP contribution in [-0.4, -0.2) is 38.8 Å². The van der Waals surface area contributed by atoms with Crippen molar-refractivity contribution >= 4 is 42.4 Å². The van der Waals surface area contributed by atoms with Gasteiger partial charge in [0.25, 0.3) is 5.91 Å². The van der Waals surface area contributed by atoms with E-state index < -0.39 is 21.8 Å². The van der Waals surface area contributed by atoms with E-state index in [9.17, 15) is 13.2 Å². The molecule has 0 aliphatic heterocycles. The predicted molar refractivity (Wildman–Crippen MR) is 145 cm³/mol. The molecule has 4 aromatic rings. The number of thiazole rings is 1. The Kier molecular flexibility index (Phi) is 8.14. The zero-order valence-electron chi connectivity index (χ0n) is 20.9. The normalized spacial score (nSPS) is 11.9. The van der Waals surface area contributed by atoms with Crippen molar-refractivity contribution in [2.75, 3.05) is 24.8 Å². The topological polar surface area (TPSA) is 128 Å². The molecule has 0 bridgehead atoms. The van der Waals surface area contributed by atoms with Crippen molar-refractivity contribution in [1.82, 2.24) is 4.98 Å². The molecular formula is C27H25N3O6S2. The maximum Gasteiger partial charge on any atom is 0.271 e. The van der Waals surface area contributed by atoms with Gasteiger partial charge in [0.15, 0.2) is 26.5 Å². The zero-order valence-corrected chi connectivity index (χ0v) is 22.6. The van der Waals surface area contributed by atoms with Crippen LogP contribution >= 0.6 is 11.3 Å². The second-order valence-corrected chi connectivity index (χ2v) is 11.3. The minimum atomic E-state index is -3.41. The van der Waals surface area contributed by atoms with Gasteiger partial charge in [0.2, 0.25) is 6.10 Å². The van der Waals surface area contributed by atoms with Crippen LogP contribution in [0.1, 0.15) is 31.1 Å². The number of anilines is 1. The number of nitrogens with one attached hydrogen (secondary N) is 1. The largest absolute Gasteiger partial charge is 0.493 e. The number of hydrogen-bond acceptors (Lipinski definition) is 9. The molecule has 0 saturated heterocycles. The highest BCUT2D eigenvalue weighted by atomic mass is 32.2. The average Bonchev–Trinajstić information content (AvgIpc) is 3.32. The molecule has 1 amide bonds. The lowest BCUT2D eigenvalue weighted by atomic mass is 10.1. The summed E-state index contributed by atoms with van der Waals surface area (Å²) in [6.07, 6.45) is -1.12. The Bertz CT molecular complexity index is 1590. The molecule has 0 saturated carbocycles. The van der Waals surface area contributed by atoms with E-state index in [1.165, 1.54) is 23.5 Å². The standard InChI is InChI=1S/C27H25N3O6S2/c1-4-35-23-14-21-24(15-22(23)34-3)37-27(29-21)30-26(31)25(36-19-10-6-17(16-28)7-11-19)18-8-12-20(13-9-18)38(32,33)5-2/h6-15,25H,4-5H2,1-3H3,(H,29,30,31). The number of sulfone groups is 1. The maximum atomic E-state index is 13.5. The van der Waals surface area contributed by atoms with Crippen molar-refractivity contribution in [2.24, 2.45) is 0 Å². The van der Waals surface area contributed by atoms with Gasteiger partial charge in [-0.05, 0) is 43.3 Å². The predicted octanol–water partition coefficient (Wildman–Crippen LogP) is 5.13. The number of aromatic nitrogens is 1. The van der Waals surface area contributed by atoms with Gasteiger partial charge < -0.3 is 14.2 Å². The summed E-state index contributed by atoms with van der Waals surface area (Å²) in [5, 5.41) is 12.2. The Morgan fingerprint density at radius 1 is 1.08 bits per heavy atom. The van der Waals surface area contributed by atoms with Gasteiger partial charge in [-0.3, -0.25) is 10.1 Å². The summed E-state index contributed by atoms with van der Waals surface area (Å²) in [6, 6.07) is 17.9. The summed E-state index contributed by atoms with van der Waals surface area (Å²) in [5.41, 5.74) is 1.53. The fraction of sp³-hybridized carbons (Fsp3) is 0.222. The van der Waals surface area contributed by atoms with Crippen LogP contribution in [0.15, 0.2) is 65.6 Å². The molecule has 0 aliphatic rings. The number of nitriles is 1. The van der Waals surface area contributed by atoms with Crippen LogP contribution in [0.2, 0.25) is 0 Å². The number of nitrogens with zero attached hydrogens (tertiary/aromatic N) is 2. The van der Waals surface area contributed by atoms with Crippen molar-refractivity contribution in [3.63, 3.8) is 0 Å². The second kappa shape index (κ2) is 11.5. The van der Waals surface area contributed by atoms with Gasteiger partial charge in [-0.1, -0.05) is 30.4 Å². The number of carbonyl (C=O) groups excluding carboxylic acids is 1. The molecule has 0 aliphatic carbocycles. The first-order valence-electron chi connectivity index (χ1n) is 11.7. The summed E-state index contributed by atoms with van der Waals surface area (Å²) in [4.78, 5) is 18.1. The van der Waals surface area contributed by atoms with Gasteiger partial charge in [0.05, 0.1) is 46.2 Å². The molecule has 1 unspecified atom stereocenters. The maximum absolute atomic E-state index is 13.5. The van der Waals surface area contributed by atoms with Crippen molar-refractivity contribution in [2.45, 2.75) is 24.8 Å². The molecule has 11 heteroatoms. The number of benzene rings is 3. The number of ether oxygens (including phenoxy) is 3. The molecule has 0 spiro atoms. The zero-order chi connectivity index (χ0) is 27.3. The van der Waals surface area contributed by atoms with Crippen LogP contribution in [0, 0.1) is 11.3 Å². The van der Waals surface area contributed by atoms with Crippen molar-refractivity contribution in [3.8, 4) is 23.3 Å². The molecule has 196 valence electrons. The molecular weight excluding hydrogens is 526 g/mol. The first-order chi connectivity index (χ1) is 18.3. The Hall–Kier alpha value is -4.14. The minimum absolute atomic E-state index is 0.0363. The van der Waals surface area contributed by atoms with Crippen molar-refractivity contribution in [3.05, 3.63) is 71.8 Å². The third-order valence-electron chi connectivity index (χ3n) is 5.60. The number of amides is 1. The van der Waals surface area contributed by atoms with Gasteiger partial charge >= 0.3 is 0 Å². The quantitative estimate of drug-likeness (QED) is 0.287. The highest BCUT2D eigenvalue weighted by Gasteiger charge is 2.25. The Morgan fingerprint density at radius 2 is 1.79 bits per heavy atom. The molecule has 1 N–H and O–H groups in total. The first-order valence-corrected chi connectivity index (χ1v) is 14.2. The average molecular weight is 552 g/mol. The summed E-state index contributed by atoms with van der Waals surface area (Å²) < 4.78 is 42.3. The van der Waals surface area contributed by atoms with Crippen LogP contribution in [0.4, 0.5) is 5.13 Å². The molecule has 1 aromatic heterocycles. The number of fused-ring (bicyclic) bond motifs is 1. The number of rotatable bonds is 10. The van der Waals surface area contributed by atoms with E-state index in [0.29, 0.717) is 45.6 Å². The Labute approximate surface area is 224 Å². The SMILES string of the molecule is CCOc1cc2nc(NC(=O)C(Oc3ccc(C#N)cc3)c3ccc(S(=O)(=O)CC)cc3)sc2cc1OC. The number of carbonyl (C=O) groups is 1. The highest BCUT2D eigenvalue weighted by molar-refractivity contribution is 7.91. The van der Waals surface area contributed by atoms with Crippen LogP contribution in [-0.2, 0) is 14.6 Å². The smallest absolute Gasteiger partial charge is 0.271 e. The van der Waals surface area contributed by atoms with Crippen LogP contribution in [0.5, 0.6) is 17.2 Å². The summed E-state index contributed by atoms with van der Waals surface area (Å²) in [7, 11) is -1.85. The lowest BCUT2D eigenvalue weighted by molar-refractivity contribution is -0.123. The molecule has 38 heavy (non-hydrogen) atoms. The van der Waals surface area contributed by atoms with Gasteiger partial charge in [0.1, 0.15) is 5.75 Å². The first kappa shape index (κ1) is 26.9. The third-order valence-corrected chi connectivity index (χ3v) is 8.29. The van der Waals surface area contributed by atoms with Crippen LogP contribution < -0.4 is 19.5 Å².